The van der Waals surface area contributed by atoms with Crippen LogP contribution in [-0.2, 0) is 16.0 Å². The summed E-state index contributed by atoms with van der Waals surface area (Å²) in [6.07, 6.45) is 1.30. The molecule has 0 aliphatic carbocycles. The molecule has 0 aromatic heterocycles. The molecule has 2 aromatic rings. The van der Waals surface area contributed by atoms with Gasteiger partial charge < -0.3 is 4.90 Å². The molecular formula is C22H25N3O3. The molecule has 1 aliphatic heterocycles. The summed E-state index contributed by atoms with van der Waals surface area (Å²) in [5, 5.41) is 0. The molecule has 2 aromatic carbocycles. The van der Waals surface area contributed by atoms with Crippen molar-refractivity contribution in [2.45, 2.75) is 33.6 Å². The van der Waals surface area contributed by atoms with E-state index in [1.54, 1.807) is 17.0 Å². The van der Waals surface area contributed by atoms with E-state index >= 15 is 0 Å². The van der Waals surface area contributed by atoms with Crippen LogP contribution in [0.15, 0.2) is 42.5 Å². The highest BCUT2D eigenvalue weighted by Gasteiger charge is 2.37. The largest absolute Gasteiger partial charge is 0.312 e. The lowest BCUT2D eigenvalue weighted by molar-refractivity contribution is -0.132. The number of hydrogen-bond acceptors (Lipinski definition) is 3. The van der Waals surface area contributed by atoms with E-state index in [2.05, 4.69) is 10.9 Å². The Bertz CT molecular complexity index is 906. The van der Waals surface area contributed by atoms with E-state index in [9.17, 15) is 14.4 Å². The number of carbonyl (C=O) groups excluding carboxylic acids is 3. The summed E-state index contributed by atoms with van der Waals surface area (Å²) in [7, 11) is 0. The van der Waals surface area contributed by atoms with E-state index in [-0.39, 0.29) is 5.91 Å². The zero-order chi connectivity index (χ0) is 20.3. The minimum atomic E-state index is -0.802. The minimum absolute atomic E-state index is 0.248. The van der Waals surface area contributed by atoms with Gasteiger partial charge in [0.15, 0.2) is 0 Å². The van der Waals surface area contributed by atoms with Crippen LogP contribution in [0.2, 0.25) is 0 Å². The van der Waals surface area contributed by atoms with Crippen LogP contribution in [0.4, 0.5) is 5.69 Å². The van der Waals surface area contributed by atoms with Crippen molar-refractivity contribution < 1.29 is 14.4 Å². The molecule has 1 saturated heterocycles. The molecule has 0 radical (unpaired) electrons. The molecule has 146 valence electrons. The Morgan fingerprint density at radius 3 is 2.39 bits per heavy atom. The number of hydrogen-bond donors (Lipinski definition) is 2. The Morgan fingerprint density at radius 1 is 1.04 bits per heavy atom. The molecule has 0 bridgehead atoms. The number of aryl methyl sites for hydroxylation is 3. The first-order valence-electron chi connectivity index (χ1n) is 9.48. The summed E-state index contributed by atoms with van der Waals surface area (Å²) < 4.78 is 0. The maximum absolute atomic E-state index is 12.7. The van der Waals surface area contributed by atoms with E-state index in [0.717, 1.165) is 28.8 Å². The number of amides is 3. The van der Waals surface area contributed by atoms with Crippen molar-refractivity contribution in [3.8, 4) is 0 Å². The maximum atomic E-state index is 12.7. The van der Waals surface area contributed by atoms with Crippen molar-refractivity contribution in [3.05, 3.63) is 64.7 Å². The van der Waals surface area contributed by atoms with Gasteiger partial charge in [0.2, 0.25) is 5.91 Å². The van der Waals surface area contributed by atoms with Gasteiger partial charge in [0.05, 0.1) is 0 Å². The average Bonchev–Trinajstić information content (AvgIpc) is 3.09. The molecule has 6 heteroatoms. The molecule has 1 unspecified atom stereocenters. The third-order valence-corrected chi connectivity index (χ3v) is 5.25. The van der Waals surface area contributed by atoms with Crippen LogP contribution < -0.4 is 15.8 Å². The lowest BCUT2D eigenvalue weighted by Crippen LogP contribution is -2.46. The first-order chi connectivity index (χ1) is 13.4. The standard InChI is InChI=1S/C22H25N3O3/c1-4-16-6-8-17(9-7-16)20(26)23-24-21(27)19-11-12-25(22(19)28)18-10-5-14(2)15(3)13-18/h5-10,13,19H,4,11-12H2,1-3H3,(H,23,26)(H,24,27). The van der Waals surface area contributed by atoms with Gasteiger partial charge in [-0.1, -0.05) is 25.1 Å². The summed E-state index contributed by atoms with van der Waals surface area (Å²) in [5.74, 6) is -1.95. The highest BCUT2D eigenvalue weighted by molar-refractivity contribution is 6.10. The van der Waals surface area contributed by atoms with E-state index in [0.29, 0.717) is 18.5 Å². The van der Waals surface area contributed by atoms with Gasteiger partial charge in [0, 0.05) is 17.8 Å². The second kappa shape index (κ2) is 8.25. The van der Waals surface area contributed by atoms with Crippen LogP contribution in [0.5, 0.6) is 0 Å². The highest BCUT2D eigenvalue weighted by atomic mass is 16.2. The monoisotopic (exact) mass is 379 g/mol. The van der Waals surface area contributed by atoms with Crippen LogP contribution in [0.3, 0.4) is 0 Å². The van der Waals surface area contributed by atoms with Gasteiger partial charge in [-0.25, -0.2) is 0 Å². The van der Waals surface area contributed by atoms with Crippen LogP contribution in [0, 0.1) is 19.8 Å². The van der Waals surface area contributed by atoms with Crippen molar-refractivity contribution in [1.82, 2.24) is 10.9 Å². The van der Waals surface area contributed by atoms with E-state index in [1.807, 2.05) is 51.1 Å². The average molecular weight is 379 g/mol. The molecule has 28 heavy (non-hydrogen) atoms. The van der Waals surface area contributed by atoms with E-state index < -0.39 is 17.7 Å². The zero-order valence-corrected chi connectivity index (χ0v) is 16.4. The number of carbonyl (C=O) groups is 3. The number of benzene rings is 2. The van der Waals surface area contributed by atoms with E-state index in [4.69, 9.17) is 0 Å². The lowest BCUT2D eigenvalue weighted by atomic mass is 10.1. The van der Waals surface area contributed by atoms with Crippen molar-refractivity contribution in [2.24, 2.45) is 5.92 Å². The molecule has 3 rings (SSSR count). The predicted molar refractivity (Wildman–Crippen MR) is 108 cm³/mol. The predicted octanol–water partition coefficient (Wildman–Crippen LogP) is 2.68. The van der Waals surface area contributed by atoms with Crippen LogP contribution >= 0.6 is 0 Å². The Kier molecular flexibility index (Phi) is 5.78. The van der Waals surface area contributed by atoms with Crippen molar-refractivity contribution in [1.29, 1.82) is 0 Å². The van der Waals surface area contributed by atoms with Crippen LogP contribution in [0.25, 0.3) is 0 Å². The second-order valence-electron chi connectivity index (χ2n) is 7.09. The van der Waals surface area contributed by atoms with Crippen LogP contribution in [-0.4, -0.2) is 24.3 Å². The normalized spacial score (nSPS) is 16.2. The van der Waals surface area contributed by atoms with Gasteiger partial charge in [0.1, 0.15) is 5.92 Å². The minimum Gasteiger partial charge on any atom is -0.312 e. The summed E-state index contributed by atoms with van der Waals surface area (Å²) in [5.41, 5.74) is 9.41. The number of nitrogens with one attached hydrogen (secondary N) is 2. The molecule has 6 nitrogen and oxygen atoms in total. The topological polar surface area (TPSA) is 78.5 Å². The fourth-order valence-corrected chi connectivity index (χ4v) is 3.24. The Labute approximate surface area is 164 Å². The molecule has 1 fully saturated rings. The van der Waals surface area contributed by atoms with Crippen molar-refractivity contribution in [3.63, 3.8) is 0 Å². The van der Waals surface area contributed by atoms with Gasteiger partial charge in [-0.2, -0.15) is 0 Å². The molecular weight excluding hydrogens is 354 g/mol. The summed E-state index contributed by atoms with van der Waals surface area (Å²) in [4.78, 5) is 38.9. The first-order valence-corrected chi connectivity index (χ1v) is 9.48. The number of hydrazine groups is 1. The molecule has 1 atom stereocenters. The van der Waals surface area contributed by atoms with Crippen LogP contribution in [0.1, 0.15) is 40.4 Å². The number of rotatable bonds is 4. The SMILES string of the molecule is CCc1ccc(C(=O)NNC(=O)C2CCN(c3ccc(C)c(C)c3)C2=O)cc1. The second-order valence-corrected chi connectivity index (χ2v) is 7.09. The zero-order valence-electron chi connectivity index (χ0n) is 16.4. The Balaban J connectivity index is 1.59. The van der Waals surface area contributed by atoms with Gasteiger partial charge >= 0.3 is 0 Å². The van der Waals surface area contributed by atoms with Crippen molar-refractivity contribution in [2.75, 3.05) is 11.4 Å². The van der Waals surface area contributed by atoms with Gasteiger partial charge in [-0.3, -0.25) is 25.2 Å². The molecule has 0 saturated carbocycles. The smallest absolute Gasteiger partial charge is 0.269 e. The molecule has 1 aliphatic rings. The summed E-state index contributed by atoms with van der Waals surface area (Å²) >= 11 is 0. The molecule has 0 spiro atoms. The number of nitrogens with zero attached hydrogens (tertiary/aromatic N) is 1. The third kappa shape index (κ3) is 4.06. The Morgan fingerprint density at radius 2 is 1.75 bits per heavy atom. The summed E-state index contributed by atoms with van der Waals surface area (Å²) in [6, 6.07) is 13.0. The lowest BCUT2D eigenvalue weighted by Gasteiger charge is -2.18. The summed E-state index contributed by atoms with van der Waals surface area (Å²) in [6.45, 7) is 6.52. The van der Waals surface area contributed by atoms with Gasteiger partial charge in [-0.05, 0) is 67.6 Å². The molecule has 3 amide bonds. The first kappa shape index (κ1) is 19.6. The fourth-order valence-electron chi connectivity index (χ4n) is 3.24. The molecule has 2 N–H and O–H groups in total. The van der Waals surface area contributed by atoms with Gasteiger partial charge in [-0.15, -0.1) is 0 Å². The maximum Gasteiger partial charge on any atom is 0.269 e. The number of anilines is 1. The van der Waals surface area contributed by atoms with Crippen molar-refractivity contribution >= 4 is 23.4 Å². The quantitative estimate of drug-likeness (QED) is 0.633. The van der Waals surface area contributed by atoms with Gasteiger partial charge in [0.25, 0.3) is 11.8 Å². The highest BCUT2D eigenvalue weighted by Crippen LogP contribution is 2.27. The Hall–Kier alpha value is -3.15. The third-order valence-electron chi connectivity index (χ3n) is 5.25. The fraction of sp³-hybridized carbons (Fsp3) is 0.318. The van der Waals surface area contributed by atoms with E-state index in [1.165, 1.54) is 0 Å². The molecule has 1 heterocycles.